The summed E-state index contributed by atoms with van der Waals surface area (Å²) in [7, 11) is 0. The van der Waals surface area contributed by atoms with E-state index >= 15 is 0 Å². The van der Waals surface area contributed by atoms with Crippen molar-refractivity contribution in [2.45, 2.75) is 39.2 Å². The molecule has 0 fully saturated rings. The predicted molar refractivity (Wildman–Crippen MR) is 132 cm³/mol. The summed E-state index contributed by atoms with van der Waals surface area (Å²) in [5, 5.41) is 16.3. The molecule has 9 nitrogen and oxygen atoms in total. The first-order chi connectivity index (χ1) is 17.2. The Balaban J connectivity index is 1.27. The van der Waals surface area contributed by atoms with Crippen LogP contribution in [0.1, 0.15) is 37.7 Å². The number of nitrogens with one attached hydrogen (secondary N) is 1. The first-order valence-electron chi connectivity index (χ1n) is 11.8. The van der Waals surface area contributed by atoms with E-state index in [1.165, 1.54) is 0 Å². The van der Waals surface area contributed by atoms with Crippen molar-refractivity contribution in [2.24, 2.45) is 0 Å². The number of carbonyl (C=O) groups is 1. The van der Waals surface area contributed by atoms with Crippen LogP contribution in [0.25, 0.3) is 22.4 Å². The van der Waals surface area contributed by atoms with Crippen LogP contribution in [0, 0.1) is 0 Å². The minimum atomic E-state index is -0.0535. The molecule has 0 saturated heterocycles. The van der Waals surface area contributed by atoms with Gasteiger partial charge in [-0.3, -0.25) is 14.2 Å². The van der Waals surface area contributed by atoms with E-state index in [9.17, 15) is 4.79 Å². The van der Waals surface area contributed by atoms with Crippen molar-refractivity contribution in [3.05, 3.63) is 78.6 Å². The fourth-order valence-corrected chi connectivity index (χ4v) is 3.83. The normalized spacial score (nSPS) is 11.2. The molecule has 1 aromatic carbocycles. The third kappa shape index (κ3) is 5.13. The zero-order chi connectivity index (χ0) is 24.0. The van der Waals surface area contributed by atoms with Crippen LogP contribution in [0.15, 0.2) is 67.1 Å². The van der Waals surface area contributed by atoms with Gasteiger partial charge in [0.2, 0.25) is 5.91 Å². The molecule has 178 valence electrons. The highest BCUT2D eigenvalue weighted by atomic mass is 16.5. The molecular weight excluding hydrogens is 442 g/mol. The molecule has 5 aromatic rings. The Morgan fingerprint density at radius 1 is 1.09 bits per heavy atom. The number of hydrogen-bond acceptors (Lipinski definition) is 6. The fraction of sp³-hybridized carbons (Fsp3) is 0.269. The number of aryl methyl sites for hydroxylation is 1. The van der Waals surface area contributed by atoms with Crippen LogP contribution < -0.4 is 10.1 Å². The third-order valence-electron chi connectivity index (χ3n) is 5.77. The summed E-state index contributed by atoms with van der Waals surface area (Å²) < 4.78 is 9.47. The van der Waals surface area contributed by atoms with Gasteiger partial charge in [0, 0.05) is 37.0 Å². The van der Waals surface area contributed by atoms with Gasteiger partial charge >= 0.3 is 0 Å². The number of nitrogens with zero attached hydrogens (tertiary/aromatic N) is 6. The molecule has 1 N–H and O–H groups in total. The lowest BCUT2D eigenvalue weighted by Gasteiger charge is -2.05. The molecule has 1 amide bonds. The number of benzene rings is 1. The van der Waals surface area contributed by atoms with Crippen LogP contribution in [-0.4, -0.2) is 41.7 Å². The van der Waals surface area contributed by atoms with Crippen LogP contribution in [0.5, 0.6) is 5.75 Å². The monoisotopic (exact) mass is 469 g/mol. The number of aromatic nitrogens is 6. The standard InChI is InChI=1S/C26H27N7O2/c1-2-3-16-35-21-9-7-19(8-10-21)22-17-23-26-30-29-24(32(26)14-15-33(23)31-22)11-12-25(34)28-18-20-6-4-5-13-27-20/h4-10,13-15,17H,2-3,11-12,16,18H2,1H3,(H,28,34). The number of ether oxygens (including phenoxy) is 1. The van der Waals surface area contributed by atoms with Crippen LogP contribution in [-0.2, 0) is 17.8 Å². The van der Waals surface area contributed by atoms with Crippen molar-refractivity contribution in [1.82, 2.24) is 34.5 Å². The number of carbonyl (C=O) groups excluding carboxylic acids is 1. The van der Waals surface area contributed by atoms with Gasteiger partial charge in [0.15, 0.2) is 5.65 Å². The second-order valence-electron chi connectivity index (χ2n) is 8.29. The molecule has 4 heterocycles. The van der Waals surface area contributed by atoms with Gasteiger partial charge in [0.1, 0.15) is 17.1 Å². The predicted octanol–water partition coefficient (Wildman–Crippen LogP) is 3.87. The van der Waals surface area contributed by atoms with Gasteiger partial charge < -0.3 is 10.1 Å². The number of unbranched alkanes of at least 4 members (excludes halogenated alkanes) is 1. The Hall–Kier alpha value is -4.27. The van der Waals surface area contributed by atoms with Gasteiger partial charge in [0.25, 0.3) is 0 Å². The van der Waals surface area contributed by atoms with Crippen molar-refractivity contribution >= 4 is 17.1 Å². The summed E-state index contributed by atoms with van der Waals surface area (Å²) in [5.41, 5.74) is 4.22. The van der Waals surface area contributed by atoms with Gasteiger partial charge in [0.05, 0.1) is 24.5 Å². The van der Waals surface area contributed by atoms with E-state index in [0.717, 1.165) is 53.5 Å². The second-order valence-corrected chi connectivity index (χ2v) is 8.29. The van der Waals surface area contributed by atoms with Crippen LogP contribution in [0.4, 0.5) is 0 Å². The zero-order valence-corrected chi connectivity index (χ0v) is 19.6. The summed E-state index contributed by atoms with van der Waals surface area (Å²) in [6.45, 7) is 3.28. The molecule has 0 radical (unpaired) electrons. The van der Waals surface area contributed by atoms with Gasteiger partial charge in [-0.25, -0.2) is 4.52 Å². The highest BCUT2D eigenvalue weighted by Gasteiger charge is 2.14. The average molecular weight is 470 g/mol. The van der Waals surface area contributed by atoms with E-state index in [0.29, 0.717) is 25.0 Å². The lowest BCUT2D eigenvalue weighted by Crippen LogP contribution is -2.23. The number of pyridine rings is 1. The molecule has 0 bridgehead atoms. The molecule has 0 spiro atoms. The van der Waals surface area contributed by atoms with Gasteiger partial charge in [-0.15, -0.1) is 10.2 Å². The number of hydrogen-bond donors (Lipinski definition) is 1. The minimum Gasteiger partial charge on any atom is -0.494 e. The largest absolute Gasteiger partial charge is 0.494 e. The highest BCUT2D eigenvalue weighted by Crippen LogP contribution is 2.24. The van der Waals surface area contributed by atoms with E-state index in [1.807, 2.05) is 65.3 Å². The maximum absolute atomic E-state index is 12.3. The highest BCUT2D eigenvalue weighted by molar-refractivity contribution is 5.77. The smallest absolute Gasteiger partial charge is 0.220 e. The Morgan fingerprint density at radius 3 is 2.77 bits per heavy atom. The molecule has 0 aliphatic heterocycles. The second kappa shape index (κ2) is 10.3. The number of fused-ring (bicyclic) bond motifs is 3. The molecule has 0 aliphatic rings. The molecule has 0 atom stereocenters. The van der Waals surface area contributed by atoms with Crippen molar-refractivity contribution in [2.75, 3.05) is 6.61 Å². The van der Waals surface area contributed by atoms with E-state index in [2.05, 4.69) is 27.4 Å². The van der Waals surface area contributed by atoms with Gasteiger partial charge in [-0.05, 0) is 48.9 Å². The molecule has 0 aliphatic carbocycles. The maximum atomic E-state index is 12.3. The van der Waals surface area contributed by atoms with Crippen molar-refractivity contribution in [3.8, 4) is 17.0 Å². The molecular formula is C26H27N7O2. The Kier molecular flexibility index (Phi) is 6.65. The quantitative estimate of drug-likeness (QED) is 0.312. The Morgan fingerprint density at radius 2 is 1.97 bits per heavy atom. The molecule has 35 heavy (non-hydrogen) atoms. The zero-order valence-electron chi connectivity index (χ0n) is 19.6. The fourth-order valence-electron chi connectivity index (χ4n) is 3.83. The first kappa shape index (κ1) is 22.5. The van der Waals surface area contributed by atoms with Gasteiger partial charge in [-0.1, -0.05) is 19.4 Å². The number of rotatable bonds is 10. The van der Waals surface area contributed by atoms with Crippen molar-refractivity contribution < 1.29 is 9.53 Å². The summed E-state index contributed by atoms with van der Waals surface area (Å²) in [5.74, 6) is 1.54. The lowest BCUT2D eigenvalue weighted by molar-refractivity contribution is -0.121. The van der Waals surface area contributed by atoms with E-state index < -0.39 is 0 Å². The third-order valence-corrected chi connectivity index (χ3v) is 5.77. The average Bonchev–Trinajstić information content (AvgIpc) is 3.51. The Bertz CT molecular complexity index is 1430. The van der Waals surface area contributed by atoms with Crippen LogP contribution >= 0.6 is 0 Å². The lowest BCUT2D eigenvalue weighted by atomic mass is 10.1. The molecule has 5 rings (SSSR count). The van der Waals surface area contributed by atoms with E-state index in [4.69, 9.17) is 9.84 Å². The Labute approximate surface area is 202 Å². The first-order valence-corrected chi connectivity index (χ1v) is 11.8. The van der Waals surface area contributed by atoms with Crippen molar-refractivity contribution in [3.63, 3.8) is 0 Å². The van der Waals surface area contributed by atoms with Crippen LogP contribution in [0.2, 0.25) is 0 Å². The van der Waals surface area contributed by atoms with Crippen LogP contribution in [0.3, 0.4) is 0 Å². The molecule has 0 saturated carbocycles. The van der Waals surface area contributed by atoms with Gasteiger partial charge in [-0.2, -0.15) is 5.10 Å². The number of amides is 1. The topological polar surface area (TPSA) is 98.7 Å². The summed E-state index contributed by atoms with van der Waals surface area (Å²) in [6, 6.07) is 15.6. The summed E-state index contributed by atoms with van der Waals surface area (Å²) in [4.78, 5) is 16.5. The molecule has 0 unspecified atom stereocenters. The summed E-state index contributed by atoms with van der Waals surface area (Å²) >= 11 is 0. The maximum Gasteiger partial charge on any atom is 0.220 e. The van der Waals surface area contributed by atoms with E-state index in [-0.39, 0.29) is 5.91 Å². The molecule has 4 aromatic heterocycles. The molecule has 9 heteroatoms. The minimum absolute atomic E-state index is 0.0535. The summed E-state index contributed by atoms with van der Waals surface area (Å²) in [6.07, 6.45) is 8.41. The SMILES string of the molecule is CCCCOc1ccc(-c2cc3c4nnc(CCC(=O)NCc5ccccn5)n4ccn3n2)cc1. The van der Waals surface area contributed by atoms with E-state index in [1.54, 1.807) is 10.7 Å². The van der Waals surface area contributed by atoms with Crippen molar-refractivity contribution in [1.29, 1.82) is 0 Å².